The number of rotatable bonds is 5. The number of hydrogen-bond acceptors (Lipinski definition) is 3. The van der Waals surface area contributed by atoms with Crippen LogP contribution in [0.3, 0.4) is 0 Å². The van der Waals surface area contributed by atoms with Gasteiger partial charge in [0.15, 0.2) is 0 Å². The second-order valence-corrected chi connectivity index (χ2v) is 6.96. The second kappa shape index (κ2) is 6.63. The van der Waals surface area contributed by atoms with Gasteiger partial charge in [0, 0.05) is 28.1 Å². The summed E-state index contributed by atoms with van der Waals surface area (Å²) in [7, 11) is 3.63. The van der Waals surface area contributed by atoms with Crippen LogP contribution in [0.2, 0.25) is 5.02 Å². The van der Waals surface area contributed by atoms with Gasteiger partial charge in [0.2, 0.25) is 0 Å². The SMILES string of the molecule is COc1ccc(Cl)cc1CN(C)CN1C(=O)c2cccc3cccc1c23. The Hall–Kier alpha value is -2.56. The molecule has 0 fully saturated rings. The molecular formula is C21H19ClN2O2. The van der Waals surface area contributed by atoms with Gasteiger partial charge < -0.3 is 4.74 Å². The standard InChI is InChI=1S/C21H19ClN2O2/c1-23(12-15-11-16(22)9-10-19(15)26-2)13-24-18-8-4-6-14-5-3-7-17(20(14)18)21(24)25/h3-11H,12-13H2,1-2H3. The number of hydrogen-bond donors (Lipinski definition) is 0. The fraction of sp³-hybridized carbons (Fsp3) is 0.190. The number of carbonyl (C=O) groups is 1. The van der Waals surface area contributed by atoms with Crippen LogP contribution in [-0.2, 0) is 6.54 Å². The molecule has 1 amide bonds. The van der Waals surface area contributed by atoms with Gasteiger partial charge in [0.05, 0.1) is 19.5 Å². The number of ether oxygens (including phenoxy) is 1. The van der Waals surface area contributed by atoms with Gasteiger partial charge in [0.1, 0.15) is 5.75 Å². The van der Waals surface area contributed by atoms with E-state index in [1.54, 1.807) is 7.11 Å². The maximum Gasteiger partial charge on any atom is 0.260 e. The monoisotopic (exact) mass is 366 g/mol. The van der Waals surface area contributed by atoms with Gasteiger partial charge in [-0.25, -0.2) is 0 Å². The number of carbonyl (C=O) groups excluding carboxylic acids is 1. The Morgan fingerprint density at radius 3 is 2.65 bits per heavy atom. The summed E-state index contributed by atoms with van der Waals surface area (Å²) in [6.07, 6.45) is 0. The van der Waals surface area contributed by atoms with Gasteiger partial charge >= 0.3 is 0 Å². The molecule has 0 aliphatic carbocycles. The molecule has 3 aromatic carbocycles. The van der Waals surface area contributed by atoms with Gasteiger partial charge in [-0.3, -0.25) is 14.6 Å². The smallest absolute Gasteiger partial charge is 0.260 e. The minimum absolute atomic E-state index is 0.0432. The Morgan fingerprint density at radius 1 is 1.12 bits per heavy atom. The fourth-order valence-corrected chi connectivity index (χ4v) is 3.77. The molecule has 3 aromatic rings. The summed E-state index contributed by atoms with van der Waals surface area (Å²) in [6.45, 7) is 1.11. The van der Waals surface area contributed by atoms with E-state index in [2.05, 4.69) is 4.90 Å². The largest absolute Gasteiger partial charge is 0.496 e. The van der Waals surface area contributed by atoms with E-state index in [1.165, 1.54) is 0 Å². The number of nitrogens with zero attached hydrogens (tertiary/aromatic N) is 2. The van der Waals surface area contributed by atoms with Crippen LogP contribution < -0.4 is 9.64 Å². The molecule has 0 saturated heterocycles. The Balaban J connectivity index is 1.60. The minimum atomic E-state index is 0.0432. The zero-order valence-electron chi connectivity index (χ0n) is 14.7. The Morgan fingerprint density at radius 2 is 1.88 bits per heavy atom. The third-order valence-corrected chi connectivity index (χ3v) is 4.95. The summed E-state index contributed by atoms with van der Waals surface area (Å²) in [5.74, 6) is 0.834. The maximum atomic E-state index is 12.9. The predicted octanol–water partition coefficient (Wildman–Crippen LogP) is 4.55. The first kappa shape index (κ1) is 16.9. The van der Waals surface area contributed by atoms with Crippen molar-refractivity contribution < 1.29 is 9.53 Å². The van der Waals surface area contributed by atoms with Crippen molar-refractivity contribution in [2.75, 3.05) is 25.7 Å². The molecule has 0 radical (unpaired) electrons. The molecular weight excluding hydrogens is 348 g/mol. The summed E-state index contributed by atoms with van der Waals surface area (Å²) in [5, 5.41) is 2.80. The number of halogens is 1. The van der Waals surface area contributed by atoms with Crippen LogP contribution in [0.15, 0.2) is 54.6 Å². The Kier molecular flexibility index (Phi) is 4.31. The van der Waals surface area contributed by atoms with Crippen molar-refractivity contribution in [2.45, 2.75) is 6.54 Å². The average molecular weight is 367 g/mol. The van der Waals surface area contributed by atoms with E-state index >= 15 is 0 Å². The van der Waals surface area contributed by atoms with Crippen LogP contribution in [0, 0.1) is 0 Å². The van der Waals surface area contributed by atoms with Crippen molar-refractivity contribution in [3.05, 3.63) is 70.7 Å². The van der Waals surface area contributed by atoms with E-state index in [9.17, 15) is 4.79 Å². The van der Waals surface area contributed by atoms with Crippen molar-refractivity contribution in [2.24, 2.45) is 0 Å². The number of amides is 1. The van der Waals surface area contributed by atoms with E-state index in [-0.39, 0.29) is 5.91 Å². The normalized spacial score (nSPS) is 13.1. The van der Waals surface area contributed by atoms with Crippen LogP contribution in [0.25, 0.3) is 10.8 Å². The van der Waals surface area contributed by atoms with E-state index in [0.29, 0.717) is 18.2 Å². The zero-order chi connectivity index (χ0) is 18.3. The summed E-state index contributed by atoms with van der Waals surface area (Å²) in [4.78, 5) is 16.8. The number of methoxy groups -OCH3 is 1. The van der Waals surface area contributed by atoms with Crippen molar-refractivity contribution >= 4 is 34.0 Å². The van der Waals surface area contributed by atoms with Gasteiger partial charge in [-0.05, 0) is 42.8 Å². The lowest BCUT2D eigenvalue weighted by molar-refractivity contribution is 0.0977. The maximum absolute atomic E-state index is 12.9. The predicted molar refractivity (Wildman–Crippen MR) is 105 cm³/mol. The first-order valence-corrected chi connectivity index (χ1v) is 8.81. The number of anilines is 1. The zero-order valence-corrected chi connectivity index (χ0v) is 15.5. The summed E-state index contributed by atoms with van der Waals surface area (Å²) in [6, 6.07) is 17.5. The van der Waals surface area contributed by atoms with Crippen molar-refractivity contribution in [3.63, 3.8) is 0 Å². The number of benzene rings is 3. The molecule has 5 heteroatoms. The molecule has 132 valence electrons. The molecule has 0 spiro atoms. The van der Waals surface area contributed by atoms with Crippen LogP contribution in [-0.4, -0.2) is 31.6 Å². The highest BCUT2D eigenvalue weighted by molar-refractivity contribution is 6.30. The highest BCUT2D eigenvalue weighted by atomic mass is 35.5. The third kappa shape index (κ3) is 2.81. The van der Waals surface area contributed by atoms with E-state index in [0.717, 1.165) is 33.3 Å². The molecule has 1 heterocycles. The molecule has 4 nitrogen and oxygen atoms in total. The lowest BCUT2D eigenvalue weighted by atomic mass is 10.1. The van der Waals surface area contributed by atoms with Crippen LogP contribution in [0.4, 0.5) is 5.69 Å². The fourth-order valence-electron chi connectivity index (χ4n) is 3.57. The molecule has 1 aliphatic heterocycles. The average Bonchev–Trinajstić information content (AvgIpc) is 2.90. The lowest BCUT2D eigenvalue weighted by Gasteiger charge is -2.25. The molecule has 0 atom stereocenters. The third-order valence-electron chi connectivity index (χ3n) is 4.71. The van der Waals surface area contributed by atoms with Gasteiger partial charge in [-0.2, -0.15) is 0 Å². The summed E-state index contributed by atoms with van der Waals surface area (Å²) in [5.41, 5.74) is 2.73. The van der Waals surface area contributed by atoms with Crippen molar-refractivity contribution in [1.82, 2.24) is 4.90 Å². The molecule has 0 N–H and O–H groups in total. The van der Waals surface area contributed by atoms with E-state index in [4.69, 9.17) is 16.3 Å². The van der Waals surface area contributed by atoms with E-state index < -0.39 is 0 Å². The summed E-state index contributed by atoms with van der Waals surface area (Å²) < 4.78 is 5.42. The topological polar surface area (TPSA) is 32.8 Å². The summed E-state index contributed by atoms with van der Waals surface area (Å²) >= 11 is 6.13. The molecule has 0 aromatic heterocycles. The lowest BCUT2D eigenvalue weighted by Crippen LogP contribution is -2.37. The molecule has 0 bridgehead atoms. The van der Waals surface area contributed by atoms with Crippen LogP contribution >= 0.6 is 11.6 Å². The van der Waals surface area contributed by atoms with Gasteiger partial charge in [-0.15, -0.1) is 0 Å². The second-order valence-electron chi connectivity index (χ2n) is 6.53. The first-order valence-electron chi connectivity index (χ1n) is 8.43. The van der Waals surface area contributed by atoms with Gasteiger partial charge in [-0.1, -0.05) is 35.9 Å². The first-order chi connectivity index (χ1) is 12.6. The van der Waals surface area contributed by atoms with E-state index in [1.807, 2.05) is 66.5 Å². The Bertz CT molecular complexity index is 997. The molecule has 0 unspecified atom stereocenters. The molecule has 26 heavy (non-hydrogen) atoms. The van der Waals surface area contributed by atoms with Crippen LogP contribution in [0.5, 0.6) is 5.75 Å². The highest BCUT2D eigenvalue weighted by Crippen LogP contribution is 2.37. The molecule has 4 rings (SSSR count). The molecule has 0 saturated carbocycles. The van der Waals surface area contributed by atoms with Crippen molar-refractivity contribution in [3.8, 4) is 5.75 Å². The highest BCUT2D eigenvalue weighted by Gasteiger charge is 2.30. The van der Waals surface area contributed by atoms with Crippen LogP contribution in [0.1, 0.15) is 15.9 Å². The van der Waals surface area contributed by atoms with Crippen molar-refractivity contribution in [1.29, 1.82) is 0 Å². The van der Waals surface area contributed by atoms with Gasteiger partial charge in [0.25, 0.3) is 5.91 Å². The molecule has 1 aliphatic rings. The minimum Gasteiger partial charge on any atom is -0.496 e. The Labute approximate surface area is 157 Å². The quantitative estimate of drug-likeness (QED) is 0.664.